The minimum absolute atomic E-state index is 0.0898. The van der Waals surface area contributed by atoms with Gasteiger partial charge in [-0.05, 0) is 25.0 Å². The zero-order valence-electron chi connectivity index (χ0n) is 12.4. The van der Waals surface area contributed by atoms with Crippen molar-refractivity contribution in [2.75, 3.05) is 14.2 Å². The Hall–Kier alpha value is -2.34. The summed E-state index contributed by atoms with van der Waals surface area (Å²) in [6.07, 6.45) is 2.68. The molecule has 1 aromatic rings. The molecule has 0 aliphatic rings. The van der Waals surface area contributed by atoms with Crippen LogP contribution in [0.15, 0.2) is 33.0 Å². The van der Waals surface area contributed by atoms with E-state index in [0.717, 1.165) is 6.08 Å². The second-order valence-corrected chi connectivity index (χ2v) is 4.43. The molecule has 6 nitrogen and oxygen atoms in total. The molecular weight excluding hydrogens is 276 g/mol. The summed E-state index contributed by atoms with van der Waals surface area (Å²) in [6, 6.07) is 1.58. The van der Waals surface area contributed by atoms with Gasteiger partial charge in [0, 0.05) is 19.3 Å². The van der Waals surface area contributed by atoms with Gasteiger partial charge in [-0.2, -0.15) is 0 Å². The molecule has 21 heavy (non-hydrogen) atoms. The van der Waals surface area contributed by atoms with Crippen molar-refractivity contribution in [3.63, 3.8) is 0 Å². The number of allylic oxidation sites excluding steroid dienone is 3. The van der Waals surface area contributed by atoms with E-state index in [0.29, 0.717) is 28.2 Å². The van der Waals surface area contributed by atoms with Crippen molar-refractivity contribution in [3.05, 3.63) is 45.5 Å². The van der Waals surface area contributed by atoms with Gasteiger partial charge in [-0.25, -0.2) is 9.59 Å². The van der Waals surface area contributed by atoms with Crippen LogP contribution >= 0.6 is 0 Å². The van der Waals surface area contributed by atoms with E-state index in [9.17, 15) is 9.59 Å². The highest BCUT2D eigenvalue weighted by molar-refractivity contribution is 5.82. The van der Waals surface area contributed by atoms with E-state index in [1.54, 1.807) is 26.0 Å². The summed E-state index contributed by atoms with van der Waals surface area (Å²) in [6.45, 7) is 3.45. The van der Waals surface area contributed by atoms with Crippen LogP contribution in [0.4, 0.5) is 0 Å². The van der Waals surface area contributed by atoms with E-state index in [4.69, 9.17) is 19.0 Å². The third-order valence-electron chi connectivity index (χ3n) is 2.70. The summed E-state index contributed by atoms with van der Waals surface area (Å²) in [7, 11) is 2.92. The van der Waals surface area contributed by atoms with Gasteiger partial charge in [0.25, 0.3) is 0 Å². The van der Waals surface area contributed by atoms with Crippen LogP contribution < -0.4 is 10.4 Å². The highest BCUT2D eigenvalue weighted by Crippen LogP contribution is 2.22. The molecule has 1 heterocycles. The Balaban J connectivity index is 3.26. The van der Waals surface area contributed by atoms with Crippen LogP contribution in [0.25, 0.3) is 5.57 Å². The van der Waals surface area contributed by atoms with E-state index in [2.05, 4.69) is 0 Å². The number of rotatable bonds is 6. The molecule has 0 aromatic carbocycles. The van der Waals surface area contributed by atoms with Crippen LogP contribution in [-0.4, -0.2) is 25.3 Å². The molecule has 0 bridgehead atoms. The average molecular weight is 294 g/mol. The average Bonchev–Trinajstić information content (AvgIpc) is 2.39. The molecule has 0 unspecified atom stereocenters. The van der Waals surface area contributed by atoms with Crippen LogP contribution in [0, 0.1) is 0 Å². The van der Waals surface area contributed by atoms with Gasteiger partial charge < -0.3 is 19.0 Å². The molecule has 0 saturated heterocycles. The molecule has 0 aliphatic carbocycles. The summed E-state index contributed by atoms with van der Waals surface area (Å²) in [5.41, 5.74) is 0.903. The van der Waals surface area contributed by atoms with Crippen LogP contribution in [0.3, 0.4) is 0 Å². The second-order valence-electron chi connectivity index (χ2n) is 4.43. The molecule has 0 atom stereocenters. The lowest BCUT2D eigenvalue weighted by Crippen LogP contribution is -2.11. The third-order valence-corrected chi connectivity index (χ3v) is 2.70. The van der Waals surface area contributed by atoms with Crippen molar-refractivity contribution < 1.29 is 23.8 Å². The van der Waals surface area contributed by atoms with Crippen molar-refractivity contribution >= 4 is 11.5 Å². The zero-order valence-corrected chi connectivity index (χ0v) is 12.4. The van der Waals surface area contributed by atoms with E-state index in [1.165, 1.54) is 14.2 Å². The van der Waals surface area contributed by atoms with E-state index < -0.39 is 11.6 Å². The Labute approximate surface area is 122 Å². The molecule has 0 amide bonds. The lowest BCUT2D eigenvalue weighted by Gasteiger charge is -2.08. The predicted octanol–water partition coefficient (Wildman–Crippen LogP) is 2.23. The molecular formula is C15H18O6. The number of carbonyl (C=O) groups is 1. The number of methoxy groups -OCH3 is 2. The molecule has 1 rings (SSSR count). The van der Waals surface area contributed by atoms with Crippen LogP contribution in [-0.2, 0) is 16.1 Å². The van der Waals surface area contributed by atoms with E-state index >= 15 is 0 Å². The summed E-state index contributed by atoms with van der Waals surface area (Å²) < 4.78 is 15.3. The van der Waals surface area contributed by atoms with Crippen molar-refractivity contribution in [2.45, 2.75) is 20.5 Å². The fourth-order valence-electron chi connectivity index (χ4n) is 1.80. The van der Waals surface area contributed by atoms with Crippen molar-refractivity contribution in [3.8, 4) is 5.75 Å². The first-order valence-corrected chi connectivity index (χ1v) is 6.19. The first kappa shape index (κ1) is 16.7. The molecule has 0 aliphatic heterocycles. The molecule has 1 N–H and O–H groups in total. The van der Waals surface area contributed by atoms with Crippen LogP contribution in [0.1, 0.15) is 25.2 Å². The minimum atomic E-state index is -1.04. The molecule has 114 valence electrons. The third kappa shape index (κ3) is 4.61. The highest BCUT2D eigenvalue weighted by atomic mass is 16.5. The summed E-state index contributed by atoms with van der Waals surface area (Å²) in [4.78, 5) is 22.5. The van der Waals surface area contributed by atoms with Crippen LogP contribution in [0.2, 0.25) is 0 Å². The van der Waals surface area contributed by atoms with E-state index in [-0.39, 0.29) is 6.61 Å². The fourth-order valence-corrected chi connectivity index (χ4v) is 1.80. The first-order valence-electron chi connectivity index (χ1n) is 6.19. The van der Waals surface area contributed by atoms with Gasteiger partial charge in [0.2, 0.25) is 0 Å². The van der Waals surface area contributed by atoms with Crippen molar-refractivity contribution in [2.24, 2.45) is 0 Å². The maximum absolute atomic E-state index is 11.9. The molecule has 6 heteroatoms. The largest absolute Gasteiger partial charge is 0.496 e. The van der Waals surface area contributed by atoms with Gasteiger partial charge in [-0.3, -0.25) is 0 Å². The van der Waals surface area contributed by atoms with Gasteiger partial charge >= 0.3 is 11.6 Å². The SMILES string of the molecule is COCc1c(OC)cc(C(C)=CC(C)=CC(=O)O)oc1=O. The normalized spacial score (nSPS) is 12.4. The van der Waals surface area contributed by atoms with Crippen LogP contribution in [0.5, 0.6) is 5.75 Å². The number of carboxylic acids is 1. The molecule has 0 fully saturated rings. The van der Waals surface area contributed by atoms with Gasteiger partial charge in [0.15, 0.2) is 0 Å². The van der Waals surface area contributed by atoms with Crippen molar-refractivity contribution in [1.29, 1.82) is 0 Å². The Bertz CT molecular complexity index is 636. The molecule has 1 aromatic heterocycles. The number of carboxylic acid groups (broad SMARTS) is 1. The van der Waals surface area contributed by atoms with Gasteiger partial charge in [0.1, 0.15) is 17.1 Å². The maximum Gasteiger partial charge on any atom is 0.345 e. The smallest absolute Gasteiger partial charge is 0.345 e. The molecule has 0 saturated carbocycles. The summed E-state index contributed by atoms with van der Waals surface area (Å²) in [5, 5.41) is 8.68. The summed E-state index contributed by atoms with van der Waals surface area (Å²) >= 11 is 0. The first-order chi connectivity index (χ1) is 9.88. The Morgan fingerprint density at radius 3 is 2.52 bits per heavy atom. The van der Waals surface area contributed by atoms with Gasteiger partial charge in [-0.1, -0.05) is 6.08 Å². The van der Waals surface area contributed by atoms with E-state index in [1.807, 2.05) is 0 Å². The topological polar surface area (TPSA) is 86.0 Å². The lowest BCUT2D eigenvalue weighted by molar-refractivity contribution is -0.131. The standard InChI is InChI=1S/C15H18O6/c1-9(6-14(16)17)5-10(2)12-7-13(20-4)11(8-19-3)15(18)21-12/h5-7H,8H2,1-4H3,(H,16,17). The van der Waals surface area contributed by atoms with Gasteiger partial charge in [-0.15, -0.1) is 0 Å². The number of aliphatic carboxylic acids is 1. The van der Waals surface area contributed by atoms with Gasteiger partial charge in [0.05, 0.1) is 13.7 Å². The fraction of sp³-hybridized carbons (Fsp3) is 0.333. The number of hydrogen-bond acceptors (Lipinski definition) is 5. The van der Waals surface area contributed by atoms with Crippen molar-refractivity contribution in [1.82, 2.24) is 0 Å². The minimum Gasteiger partial charge on any atom is -0.496 e. The highest BCUT2D eigenvalue weighted by Gasteiger charge is 2.13. The second kappa shape index (κ2) is 7.44. The molecule has 0 radical (unpaired) electrons. The molecule has 0 spiro atoms. The zero-order chi connectivity index (χ0) is 16.0. The Morgan fingerprint density at radius 1 is 1.33 bits per heavy atom. The summed E-state index contributed by atoms with van der Waals surface area (Å²) in [5.74, 6) is -0.350. The lowest BCUT2D eigenvalue weighted by atomic mass is 10.1. The quantitative estimate of drug-likeness (QED) is 0.639. The number of hydrogen-bond donors (Lipinski definition) is 1. The number of ether oxygens (including phenoxy) is 2. The monoisotopic (exact) mass is 294 g/mol. The Morgan fingerprint density at radius 2 is 2.00 bits per heavy atom. The Kier molecular flexibility index (Phi) is 5.92. The maximum atomic E-state index is 11.9. The predicted molar refractivity (Wildman–Crippen MR) is 77.3 cm³/mol.